The predicted molar refractivity (Wildman–Crippen MR) is 83.3 cm³/mol. The van der Waals surface area contributed by atoms with Crippen molar-refractivity contribution in [3.05, 3.63) is 0 Å². The summed E-state index contributed by atoms with van der Waals surface area (Å²) in [6.07, 6.45) is 1.31. The molecule has 0 bridgehead atoms. The third-order valence-corrected chi connectivity index (χ3v) is 5.23. The summed E-state index contributed by atoms with van der Waals surface area (Å²) >= 11 is 0. The first-order valence-corrected chi connectivity index (χ1v) is 8.35. The fourth-order valence-electron chi connectivity index (χ4n) is 2.15. The van der Waals surface area contributed by atoms with E-state index in [1.807, 2.05) is 27.7 Å². The van der Waals surface area contributed by atoms with Crippen LogP contribution in [0.15, 0.2) is 0 Å². The highest BCUT2D eigenvalue weighted by Crippen LogP contribution is 2.15. The molecule has 8 heteroatoms. The molecule has 6 nitrogen and oxygen atoms in total. The number of halogens is 1. The van der Waals surface area contributed by atoms with Crippen molar-refractivity contribution >= 4 is 22.6 Å². The summed E-state index contributed by atoms with van der Waals surface area (Å²) in [6.45, 7) is 8.73. The van der Waals surface area contributed by atoms with Crippen molar-refractivity contribution in [1.82, 2.24) is 9.03 Å². The molecular weight excluding hydrogens is 302 g/mol. The van der Waals surface area contributed by atoms with Gasteiger partial charge >= 0.3 is 0 Å². The molecule has 1 rings (SSSR count). The molecule has 0 aromatic rings. The molecule has 2 unspecified atom stereocenters. The van der Waals surface area contributed by atoms with Gasteiger partial charge in [0.15, 0.2) is 0 Å². The van der Waals surface area contributed by atoms with E-state index in [1.54, 1.807) is 0 Å². The minimum atomic E-state index is -3.48. The molecule has 0 aromatic carbocycles. The minimum Gasteiger partial charge on any atom is -0.373 e. The molecule has 1 heterocycles. The van der Waals surface area contributed by atoms with E-state index < -0.39 is 15.7 Å². The summed E-state index contributed by atoms with van der Waals surface area (Å²) in [7, 11) is -3.48. The van der Waals surface area contributed by atoms with E-state index in [0.29, 0.717) is 13.1 Å². The number of rotatable bonds is 6. The van der Waals surface area contributed by atoms with Gasteiger partial charge < -0.3 is 10.5 Å². The lowest BCUT2D eigenvalue weighted by Gasteiger charge is -2.35. The molecule has 20 heavy (non-hydrogen) atoms. The topological polar surface area (TPSA) is 84.7 Å². The fourth-order valence-corrected chi connectivity index (χ4v) is 3.62. The van der Waals surface area contributed by atoms with E-state index in [1.165, 1.54) is 4.31 Å². The van der Waals surface area contributed by atoms with Crippen LogP contribution in [0.3, 0.4) is 0 Å². The van der Waals surface area contributed by atoms with Crippen molar-refractivity contribution in [3.8, 4) is 0 Å². The number of nitrogens with one attached hydrogen (secondary N) is 1. The normalized spacial score (nSPS) is 25.2. The van der Waals surface area contributed by atoms with Crippen molar-refractivity contribution in [1.29, 1.82) is 0 Å². The van der Waals surface area contributed by atoms with Gasteiger partial charge in [0, 0.05) is 25.2 Å². The van der Waals surface area contributed by atoms with Gasteiger partial charge in [-0.2, -0.15) is 12.7 Å². The Bertz CT molecular complexity index is 377. The Balaban J connectivity index is 0.00000361. The highest BCUT2D eigenvalue weighted by Gasteiger charge is 2.32. The van der Waals surface area contributed by atoms with Crippen molar-refractivity contribution < 1.29 is 13.2 Å². The van der Waals surface area contributed by atoms with Crippen LogP contribution in [-0.2, 0) is 14.9 Å². The Labute approximate surface area is 129 Å². The second-order valence-corrected chi connectivity index (χ2v) is 7.23. The molecular formula is C12H28ClN3O3S. The van der Waals surface area contributed by atoms with Crippen LogP contribution < -0.4 is 10.5 Å². The molecule has 1 saturated heterocycles. The van der Waals surface area contributed by atoms with Crippen LogP contribution in [0.25, 0.3) is 0 Å². The van der Waals surface area contributed by atoms with E-state index in [4.69, 9.17) is 10.5 Å². The second kappa shape index (κ2) is 7.91. The SMILES string of the molecule is CCC(N)(CC)CNS(=O)(=O)N1CC(C)OC(C)C1.Cl. The number of nitrogens with zero attached hydrogens (tertiary/aromatic N) is 1. The lowest BCUT2D eigenvalue weighted by Crippen LogP contribution is -2.56. The zero-order valence-electron chi connectivity index (χ0n) is 12.8. The van der Waals surface area contributed by atoms with Gasteiger partial charge in [0.25, 0.3) is 10.2 Å². The van der Waals surface area contributed by atoms with E-state index in [-0.39, 0.29) is 31.2 Å². The lowest BCUT2D eigenvalue weighted by atomic mass is 9.95. The Morgan fingerprint density at radius 1 is 1.25 bits per heavy atom. The average Bonchev–Trinajstić information content (AvgIpc) is 2.35. The van der Waals surface area contributed by atoms with Gasteiger partial charge in [-0.25, -0.2) is 4.72 Å². The van der Waals surface area contributed by atoms with Gasteiger partial charge in [-0.15, -0.1) is 12.4 Å². The lowest BCUT2D eigenvalue weighted by molar-refractivity contribution is -0.0444. The van der Waals surface area contributed by atoms with Crippen molar-refractivity contribution in [3.63, 3.8) is 0 Å². The molecule has 0 spiro atoms. The molecule has 1 fully saturated rings. The smallest absolute Gasteiger partial charge is 0.279 e. The molecule has 0 aromatic heterocycles. The Morgan fingerprint density at radius 3 is 2.10 bits per heavy atom. The van der Waals surface area contributed by atoms with Crippen molar-refractivity contribution in [2.24, 2.45) is 5.73 Å². The molecule has 0 radical (unpaired) electrons. The predicted octanol–water partition coefficient (Wildman–Crippen LogP) is 0.869. The van der Waals surface area contributed by atoms with Gasteiger partial charge in [0.1, 0.15) is 0 Å². The Hall–Kier alpha value is 0.0800. The fraction of sp³-hybridized carbons (Fsp3) is 1.00. The first-order chi connectivity index (χ1) is 8.72. The number of nitrogens with two attached hydrogens (primary N) is 1. The van der Waals surface area contributed by atoms with Crippen LogP contribution in [0.1, 0.15) is 40.5 Å². The molecule has 2 atom stereocenters. The van der Waals surface area contributed by atoms with Crippen LogP contribution in [0.5, 0.6) is 0 Å². The molecule has 0 aliphatic carbocycles. The third kappa shape index (κ3) is 5.46. The van der Waals surface area contributed by atoms with Crippen LogP contribution in [0, 0.1) is 0 Å². The summed E-state index contributed by atoms with van der Waals surface area (Å²) in [4.78, 5) is 0. The van der Waals surface area contributed by atoms with Crippen LogP contribution in [-0.4, -0.2) is 50.1 Å². The van der Waals surface area contributed by atoms with Crippen molar-refractivity contribution in [2.75, 3.05) is 19.6 Å². The summed E-state index contributed by atoms with van der Waals surface area (Å²) in [5.74, 6) is 0. The third-order valence-electron chi connectivity index (χ3n) is 3.74. The quantitative estimate of drug-likeness (QED) is 0.757. The molecule has 0 amide bonds. The maximum Gasteiger partial charge on any atom is 0.279 e. The van der Waals surface area contributed by atoms with E-state index in [9.17, 15) is 8.42 Å². The molecule has 1 aliphatic rings. The highest BCUT2D eigenvalue weighted by atomic mass is 35.5. The monoisotopic (exact) mass is 329 g/mol. The van der Waals surface area contributed by atoms with Gasteiger partial charge in [-0.1, -0.05) is 13.8 Å². The van der Waals surface area contributed by atoms with Crippen molar-refractivity contribution in [2.45, 2.75) is 58.3 Å². The Morgan fingerprint density at radius 2 is 1.70 bits per heavy atom. The molecule has 1 aliphatic heterocycles. The second-order valence-electron chi connectivity index (χ2n) is 5.47. The van der Waals surface area contributed by atoms with E-state index >= 15 is 0 Å². The zero-order chi connectivity index (χ0) is 14.7. The summed E-state index contributed by atoms with van der Waals surface area (Å²) < 4.78 is 34.1. The molecule has 122 valence electrons. The van der Waals surface area contributed by atoms with Gasteiger partial charge in [-0.05, 0) is 26.7 Å². The minimum absolute atomic E-state index is 0. The molecule has 0 saturated carbocycles. The largest absolute Gasteiger partial charge is 0.373 e. The maximum absolute atomic E-state index is 12.3. The van der Waals surface area contributed by atoms with Gasteiger partial charge in [-0.3, -0.25) is 0 Å². The summed E-state index contributed by atoms with van der Waals surface area (Å²) in [5, 5.41) is 0. The first-order valence-electron chi connectivity index (χ1n) is 6.91. The van der Waals surface area contributed by atoms with Gasteiger partial charge in [0.05, 0.1) is 12.2 Å². The van der Waals surface area contributed by atoms with E-state index in [2.05, 4.69) is 4.72 Å². The summed E-state index contributed by atoms with van der Waals surface area (Å²) in [6, 6.07) is 0. The number of hydrogen-bond acceptors (Lipinski definition) is 4. The zero-order valence-corrected chi connectivity index (χ0v) is 14.4. The average molecular weight is 330 g/mol. The van der Waals surface area contributed by atoms with Crippen LogP contribution in [0.4, 0.5) is 0 Å². The standard InChI is InChI=1S/C12H27N3O3S.ClH/c1-5-12(13,6-2)9-14-19(16,17)15-7-10(3)18-11(4)8-15;/h10-11,14H,5-9,13H2,1-4H3;1H. The maximum atomic E-state index is 12.3. The van der Waals surface area contributed by atoms with E-state index in [0.717, 1.165) is 12.8 Å². The number of ether oxygens (including phenoxy) is 1. The molecule has 3 N–H and O–H groups in total. The van der Waals surface area contributed by atoms with Crippen LogP contribution in [0.2, 0.25) is 0 Å². The number of morpholine rings is 1. The van der Waals surface area contributed by atoms with Crippen LogP contribution >= 0.6 is 12.4 Å². The summed E-state index contributed by atoms with van der Waals surface area (Å²) in [5.41, 5.74) is 5.64. The van der Waals surface area contributed by atoms with Gasteiger partial charge in [0.2, 0.25) is 0 Å². The number of hydrogen-bond donors (Lipinski definition) is 2. The first kappa shape index (κ1) is 20.1. The highest BCUT2D eigenvalue weighted by molar-refractivity contribution is 7.87. The Kier molecular flexibility index (Phi) is 7.94.